The van der Waals surface area contributed by atoms with Crippen molar-refractivity contribution in [2.75, 3.05) is 0 Å². The van der Waals surface area contributed by atoms with Gasteiger partial charge < -0.3 is 5.11 Å². The van der Waals surface area contributed by atoms with Crippen LogP contribution in [0.5, 0.6) is 0 Å². The fraction of sp³-hybridized carbons (Fsp3) is 0.143. The van der Waals surface area contributed by atoms with Crippen molar-refractivity contribution in [2.45, 2.75) is 20.1 Å². The van der Waals surface area contributed by atoms with Gasteiger partial charge in [0, 0.05) is 28.6 Å². The van der Waals surface area contributed by atoms with E-state index in [1.54, 1.807) is 0 Å². The molecule has 2 aromatic carbocycles. The summed E-state index contributed by atoms with van der Waals surface area (Å²) in [5.74, 6) is 0. The number of aliphatic hydroxyl groups is 1. The number of rotatable bonds is 4. The highest BCUT2D eigenvalue weighted by atomic mass is 16.3. The number of aryl methyl sites for hydroxylation is 1. The molecule has 4 aromatic rings. The lowest BCUT2D eigenvalue weighted by Crippen LogP contribution is -2.02. The van der Waals surface area contributed by atoms with Gasteiger partial charge in [0.1, 0.15) is 0 Å². The maximum atomic E-state index is 10.2. The van der Waals surface area contributed by atoms with Crippen LogP contribution in [0.3, 0.4) is 0 Å². The summed E-state index contributed by atoms with van der Waals surface area (Å²) in [4.78, 5) is 4.87. The number of aromatic nitrogens is 3. The summed E-state index contributed by atoms with van der Waals surface area (Å²) in [6.07, 6.45) is 1.85. The normalized spacial score (nSPS) is 11.1. The lowest BCUT2D eigenvalue weighted by atomic mass is 9.94. The van der Waals surface area contributed by atoms with E-state index in [0.717, 1.165) is 45.5 Å². The number of pyridine rings is 1. The molecule has 124 valence electrons. The van der Waals surface area contributed by atoms with Gasteiger partial charge in [-0.05, 0) is 12.5 Å². The molecule has 4 nitrogen and oxygen atoms in total. The van der Waals surface area contributed by atoms with Crippen LogP contribution < -0.4 is 0 Å². The Morgan fingerprint density at radius 2 is 1.56 bits per heavy atom. The van der Waals surface area contributed by atoms with Gasteiger partial charge in [0.15, 0.2) is 5.65 Å². The van der Waals surface area contributed by atoms with Crippen LogP contribution in [0.2, 0.25) is 0 Å². The molecule has 2 aromatic heterocycles. The molecule has 0 unspecified atom stereocenters. The molecule has 1 N–H and O–H groups in total. The van der Waals surface area contributed by atoms with Crippen molar-refractivity contribution < 1.29 is 5.11 Å². The number of hydrogen-bond donors (Lipinski definition) is 1. The lowest BCUT2D eigenvalue weighted by molar-refractivity contribution is 0.282. The summed E-state index contributed by atoms with van der Waals surface area (Å²) in [6, 6.07) is 20.1. The number of hydrogen-bond acceptors (Lipinski definition) is 3. The highest BCUT2D eigenvalue weighted by Crippen LogP contribution is 2.36. The van der Waals surface area contributed by atoms with E-state index in [1.807, 2.05) is 59.4 Å². The van der Waals surface area contributed by atoms with Crippen LogP contribution in [0.1, 0.15) is 12.5 Å². The molecule has 0 saturated carbocycles. The van der Waals surface area contributed by atoms with Crippen LogP contribution in [0.15, 0.2) is 66.9 Å². The molecule has 25 heavy (non-hydrogen) atoms. The van der Waals surface area contributed by atoms with Gasteiger partial charge in [0.05, 0.1) is 18.5 Å². The van der Waals surface area contributed by atoms with Crippen molar-refractivity contribution in [1.82, 2.24) is 14.8 Å². The molecule has 0 fully saturated rings. The predicted molar refractivity (Wildman–Crippen MR) is 100.0 cm³/mol. The molecule has 0 amide bonds. The van der Waals surface area contributed by atoms with Gasteiger partial charge in [-0.25, -0.2) is 9.67 Å². The first-order chi connectivity index (χ1) is 12.3. The molecule has 0 radical (unpaired) electrons. The minimum Gasteiger partial charge on any atom is -0.392 e. The Morgan fingerprint density at radius 3 is 2.16 bits per heavy atom. The molecule has 4 rings (SSSR count). The second kappa shape index (κ2) is 6.49. The monoisotopic (exact) mass is 329 g/mol. The minimum atomic E-state index is -0.0747. The molecular weight excluding hydrogens is 310 g/mol. The van der Waals surface area contributed by atoms with Crippen molar-refractivity contribution in [2.24, 2.45) is 0 Å². The average Bonchev–Trinajstić information content (AvgIpc) is 3.10. The first-order valence-electron chi connectivity index (χ1n) is 8.43. The number of nitrogens with zero attached hydrogens (tertiary/aromatic N) is 3. The zero-order valence-electron chi connectivity index (χ0n) is 14.1. The fourth-order valence-corrected chi connectivity index (χ4v) is 3.28. The molecular formula is C21H19N3O. The largest absolute Gasteiger partial charge is 0.392 e. The van der Waals surface area contributed by atoms with Crippen LogP contribution in [0.25, 0.3) is 33.4 Å². The molecule has 0 bridgehead atoms. The van der Waals surface area contributed by atoms with Crippen LogP contribution in [-0.4, -0.2) is 19.9 Å². The summed E-state index contributed by atoms with van der Waals surface area (Å²) in [5.41, 5.74) is 5.55. The first kappa shape index (κ1) is 15.5. The highest BCUT2D eigenvalue weighted by Gasteiger charge is 2.19. The quantitative estimate of drug-likeness (QED) is 0.608. The van der Waals surface area contributed by atoms with E-state index in [-0.39, 0.29) is 6.61 Å². The summed E-state index contributed by atoms with van der Waals surface area (Å²) < 4.78 is 1.90. The molecule has 0 spiro atoms. The van der Waals surface area contributed by atoms with Crippen molar-refractivity contribution >= 4 is 11.0 Å². The smallest absolute Gasteiger partial charge is 0.159 e. The minimum absolute atomic E-state index is 0.0747. The Bertz CT molecular complexity index is 1010. The van der Waals surface area contributed by atoms with E-state index in [0.29, 0.717) is 0 Å². The van der Waals surface area contributed by atoms with Crippen molar-refractivity contribution in [3.05, 3.63) is 72.4 Å². The second-order valence-corrected chi connectivity index (χ2v) is 5.90. The van der Waals surface area contributed by atoms with E-state index in [4.69, 9.17) is 4.98 Å². The third kappa shape index (κ3) is 2.61. The maximum Gasteiger partial charge on any atom is 0.159 e. The average molecular weight is 329 g/mol. The highest BCUT2D eigenvalue weighted by molar-refractivity contribution is 5.97. The molecule has 4 heteroatoms. The Balaban J connectivity index is 2.12. The van der Waals surface area contributed by atoms with E-state index < -0.39 is 0 Å². The van der Waals surface area contributed by atoms with Gasteiger partial charge in [0.2, 0.25) is 0 Å². The molecule has 0 atom stereocenters. The van der Waals surface area contributed by atoms with E-state index in [2.05, 4.69) is 24.2 Å². The molecule has 2 heterocycles. The zero-order valence-corrected chi connectivity index (χ0v) is 14.1. The Kier molecular flexibility index (Phi) is 4.04. The molecule has 0 aliphatic heterocycles. The van der Waals surface area contributed by atoms with Crippen LogP contribution in [0.4, 0.5) is 0 Å². The van der Waals surface area contributed by atoms with Crippen LogP contribution in [0, 0.1) is 0 Å². The SMILES string of the molecule is CCn1ncc2c(-c3ccccc3)c(CO)c(-c3ccccc3)nc21. The van der Waals surface area contributed by atoms with E-state index in [9.17, 15) is 5.11 Å². The number of fused-ring (bicyclic) bond motifs is 1. The molecule has 0 aliphatic carbocycles. The van der Waals surface area contributed by atoms with E-state index in [1.165, 1.54) is 0 Å². The van der Waals surface area contributed by atoms with Crippen LogP contribution >= 0.6 is 0 Å². The first-order valence-corrected chi connectivity index (χ1v) is 8.43. The maximum absolute atomic E-state index is 10.2. The predicted octanol–water partition coefficient (Wildman–Crippen LogP) is 4.28. The summed E-state index contributed by atoms with van der Waals surface area (Å²) in [5, 5.41) is 15.6. The zero-order chi connectivity index (χ0) is 17.2. The van der Waals surface area contributed by atoms with Gasteiger partial charge in [-0.15, -0.1) is 0 Å². The van der Waals surface area contributed by atoms with Crippen molar-refractivity contribution in [3.8, 4) is 22.4 Å². The second-order valence-electron chi connectivity index (χ2n) is 5.90. The molecule has 0 aliphatic rings. The van der Waals surface area contributed by atoms with Crippen LogP contribution in [-0.2, 0) is 13.2 Å². The topological polar surface area (TPSA) is 50.9 Å². The fourth-order valence-electron chi connectivity index (χ4n) is 3.28. The Hall–Kier alpha value is -2.98. The molecule has 0 saturated heterocycles. The third-order valence-electron chi connectivity index (χ3n) is 4.45. The summed E-state index contributed by atoms with van der Waals surface area (Å²) in [6.45, 7) is 2.73. The van der Waals surface area contributed by atoms with Gasteiger partial charge in [0.25, 0.3) is 0 Å². The van der Waals surface area contributed by atoms with Crippen molar-refractivity contribution in [3.63, 3.8) is 0 Å². The van der Waals surface area contributed by atoms with Gasteiger partial charge in [-0.3, -0.25) is 0 Å². The standard InChI is InChI=1S/C21H19N3O/c1-2-24-21-17(13-22-24)19(15-9-5-3-6-10-15)18(14-25)20(23-21)16-11-7-4-8-12-16/h3-13,25H,2,14H2,1H3. The third-order valence-corrected chi connectivity index (χ3v) is 4.45. The van der Waals surface area contributed by atoms with Gasteiger partial charge >= 0.3 is 0 Å². The lowest BCUT2D eigenvalue weighted by Gasteiger charge is -2.15. The van der Waals surface area contributed by atoms with Crippen molar-refractivity contribution in [1.29, 1.82) is 0 Å². The van der Waals surface area contributed by atoms with E-state index >= 15 is 0 Å². The Labute approximate surface area is 146 Å². The van der Waals surface area contributed by atoms with Gasteiger partial charge in [-0.2, -0.15) is 5.10 Å². The number of benzene rings is 2. The summed E-state index contributed by atoms with van der Waals surface area (Å²) in [7, 11) is 0. The number of aliphatic hydroxyl groups excluding tert-OH is 1. The summed E-state index contributed by atoms with van der Waals surface area (Å²) >= 11 is 0. The Morgan fingerprint density at radius 1 is 0.920 bits per heavy atom. The van der Waals surface area contributed by atoms with Gasteiger partial charge in [-0.1, -0.05) is 60.7 Å².